The fourth-order valence-electron chi connectivity index (χ4n) is 5.33. The summed E-state index contributed by atoms with van der Waals surface area (Å²) in [6, 6.07) is 10.3. The van der Waals surface area contributed by atoms with Gasteiger partial charge in [-0.05, 0) is 103 Å². The molecule has 0 aromatic heterocycles. The number of hydrogen-bond donors (Lipinski definition) is 1. The molecular formula is C18H24IN. The molecule has 108 valence electrons. The predicted octanol–water partition coefficient (Wildman–Crippen LogP) is 4.77. The van der Waals surface area contributed by atoms with E-state index in [0.717, 1.165) is 29.7 Å². The van der Waals surface area contributed by atoms with Crippen molar-refractivity contribution in [3.8, 4) is 0 Å². The highest BCUT2D eigenvalue weighted by atomic mass is 127. The van der Waals surface area contributed by atoms with Crippen molar-refractivity contribution >= 4 is 22.6 Å². The van der Waals surface area contributed by atoms with Gasteiger partial charge >= 0.3 is 0 Å². The minimum absolute atomic E-state index is 0.495. The molecule has 4 saturated carbocycles. The van der Waals surface area contributed by atoms with E-state index in [2.05, 4.69) is 59.1 Å². The van der Waals surface area contributed by atoms with Gasteiger partial charge in [-0.15, -0.1) is 0 Å². The van der Waals surface area contributed by atoms with Gasteiger partial charge in [-0.3, -0.25) is 0 Å². The average Bonchev–Trinajstić information content (AvgIpc) is 2.42. The Hall–Kier alpha value is -0.0900. The Morgan fingerprint density at radius 2 is 1.50 bits per heavy atom. The van der Waals surface area contributed by atoms with Crippen LogP contribution in [0.5, 0.6) is 0 Å². The zero-order valence-electron chi connectivity index (χ0n) is 12.2. The smallest absolute Gasteiger partial charge is 0.0294 e. The molecule has 4 fully saturated rings. The number of nitrogens with one attached hydrogen (secondary N) is 1. The van der Waals surface area contributed by atoms with Gasteiger partial charge in [-0.1, -0.05) is 12.1 Å². The first kappa shape index (κ1) is 13.6. The van der Waals surface area contributed by atoms with E-state index >= 15 is 0 Å². The molecule has 0 saturated heterocycles. The fraction of sp³-hybridized carbons (Fsp3) is 0.667. The number of halogens is 1. The molecule has 4 aliphatic carbocycles. The van der Waals surface area contributed by atoms with Crippen LogP contribution in [0.2, 0.25) is 0 Å². The van der Waals surface area contributed by atoms with Crippen LogP contribution in [0.15, 0.2) is 24.3 Å². The maximum atomic E-state index is 4.00. The largest absolute Gasteiger partial charge is 0.307 e. The third-order valence-corrected chi connectivity index (χ3v) is 6.76. The van der Waals surface area contributed by atoms with Crippen LogP contribution in [0.4, 0.5) is 0 Å². The zero-order chi connectivity index (χ0) is 13.7. The zero-order valence-corrected chi connectivity index (χ0v) is 14.3. The standard InChI is InChI=1S/C18H24IN/c1-11(14-2-4-17(19)5-3-14)20-18-15-7-12-6-13(9-15)10-16(18)8-12/h2-5,11-13,15-16,18,20H,6-10H2,1H3. The predicted molar refractivity (Wildman–Crippen MR) is 91.5 cm³/mol. The van der Waals surface area contributed by atoms with Crippen molar-refractivity contribution in [2.75, 3.05) is 0 Å². The highest BCUT2D eigenvalue weighted by Gasteiger charge is 2.48. The maximum absolute atomic E-state index is 4.00. The molecule has 1 aromatic rings. The summed E-state index contributed by atoms with van der Waals surface area (Å²) in [5.74, 6) is 4.09. The monoisotopic (exact) mass is 381 g/mol. The Labute approximate surface area is 136 Å². The molecule has 1 atom stereocenters. The lowest BCUT2D eigenvalue weighted by atomic mass is 9.54. The molecule has 2 heteroatoms. The number of benzene rings is 1. The molecule has 1 nitrogen and oxygen atoms in total. The van der Waals surface area contributed by atoms with Crippen LogP contribution in [0.3, 0.4) is 0 Å². The van der Waals surface area contributed by atoms with Gasteiger partial charge in [-0.25, -0.2) is 0 Å². The van der Waals surface area contributed by atoms with E-state index in [1.807, 2.05) is 0 Å². The highest BCUT2D eigenvalue weighted by Crippen LogP contribution is 2.54. The SMILES string of the molecule is CC(NC1C2CC3CC(C2)CC1C3)c1ccc(I)cc1. The van der Waals surface area contributed by atoms with E-state index in [-0.39, 0.29) is 0 Å². The van der Waals surface area contributed by atoms with Crippen molar-refractivity contribution in [2.24, 2.45) is 23.7 Å². The van der Waals surface area contributed by atoms with E-state index in [1.165, 1.54) is 34.8 Å². The van der Waals surface area contributed by atoms with Crippen molar-refractivity contribution in [2.45, 2.75) is 51.1 Å². The van der Waals surface area contributed by atoms with E-state index in [1.54, 1.807) is 6.42 Å². The van der Waals surface area contributed by atoms with Gasteiger partial charge in [0.1, 0.15) is 0 Å². The summed E-state index contributed by atoms with van der Waals surface area (Å²) in [6.45, 7) is 2.34. The Morgan fingerprint density at radius 1 is 0.950 bits per heavy atom. The molecule has 1 N–H and O–H groups in total. The summed E-state index contributed by atoms with van der Waals surface area (Å²) in [6.07, 6.45) is 7.56. The van der Waals surface area contributed by atoms with Gasteiger partial charge in [0.25, 0.3) is 0 Å². The quantitative estimate of drug-likeness (QED) is 0.744. The van der Waals surface area contributed by atoms with Crippen molar-refractivity contribution in [3.05, 3.63) is 33.4 Å². The van der Waals surface area contributed by atoms with Crippen LogP contribution in [-0.2, 0) is 0 Å². The van der Waals surface area contributed by atoms with Crippen molar-refractivity contribution in [1.29, 1.82) is 0 Å². The van der Waals surface area contributed by atoms with Gasteiger partial charge in [0.2, 0.25) is 0 Å². The Balaban J connectivity index is 1.47. The molecule has 20 heavy (non-hydrogen) atoms. The molecule has 1 aromatic carbocycles. The van der Waals surface area contributed by atoms with E-state index in [9.17, 15) is 0 Å². The molecule has 4 aliphatic rings. The first-order chi connectivity index (χ1) is 9.69. The van der Waals surface area contributed by atoms with Crippen LogP contribution in [-0.4, -0.2) is 6.04 Å². The minimum atomic E-state index is 0.495. The maximum Gasteiger partial charge on any atom is 0.0294 e. The third-order valence-electron chi connectivity index (χ3n) is 6.04. The van der Waals surface area contributed by atoms with Crippen LogP contribution in [0.1, 0.15) is 50.6 Å². The molecule has 0 spiro atoms. The second kappa shape index (κ2) is 5.28. The molecule has 5 rings (SSSR count). The van der Waals surface area contributed by atoms with Gasteiger partial charge in [0.15, 0.2) is 0 Å². The Morgan fingerprint density at radius 3 is 2.05 bits per heavy atom. The Bertz CT molecular complexity index is 453. The van der Waals surface area contributed by atoms with Crippen molar-refractivity contribution in [3.63, 3.8) is 0 Å². The van der Waals surface area contributed by atoms with Crippen LogP contribution >= 0.6 is 22.6 Å². The number of hydrogen-bond acceptors (Lipinski definition) is 1. The van der Waals surface area contributed by atoms with Gasteiger partial charge in [0.05, 0.1) is 0 Å². The Kier molecular flexibility index (Phi) is 3.58. The van der Waals surface area contributed by atoms with Gasteiger partial charge < -0.3 is 5.32 Å². The average molecular weight is 381 g/mol. The van der Waals surface area contributed by atoms with Crippen LogP contribution in [0, 0.1) is 27.2 Å². The first-order valence-corrected chi connectivity index (χ1v) is 9.28. The third kappa shape index (κ3) is 2.43. The van der Waals surface area contributed by atoms with Crippen molar-refractivity contribution in [1.82, 2.24) is 5.32 Å². The second-order valence-corrected chi connectivity index (χ2v) is 8.64. The molecule has 0 heterocycles. The lowest BCUT2D eigenvalue weighted by molar-refractivity contribution is -0.0171. The van der Waals surface area contributed by atoms with E-state index in [4.69, 9.17) is 0 Å². The highest BCUT2D eigenvalue weighted by molar-refractivity contribution is 14.1. The first-order valence-electron chi connectivity index (χ1n) is 8.20. The second-order valence-electron chi connectivity index (χ2n) is 7.40. The topological polar surface area (TPSA) is 12.0 Å². The molecule has 0 amide bonds. The minimum Gasteiger partial charge on any atom is -0.307 e. The van der Waals surface area contributed by atoms with Gasteiger partial charge in [0, 0.05) is 15.7 Å². The molecule has 0 aliphatic heterocycles. The normalized spacial score (nSPS) is 40.0. The molecule has 4 bridgehead atoms. The van der Waals surface area contributed by atoms with E-state index in [0.29, 0.717) is 6.04 Å². The van der Waals surface area contributed by atoms with Crippen LogP contribution in [0.25, 0.3) is 0 Å². The number of rotatable bonds is 3. The lowest BCUT2D eigenvalue weighted by Gasteiger charge is -2.55. The molecular weight excluding hydrogens is 357 g/mol. The summed E-state index contributed by atoms with van der Waals surface area (Å²) in [5.41, 5.74) is 1.44. The van der Waals surface area contributed by atoms with E-state index < -0.39 is 0 Å². The summed E-state index contributed by atoms with van der Waals surface area (Å²) in [4.78, 5) is 0. The molecule has 1 unspecified atom stereocenters. The summed E-state index contributed by atoms with van der Waals surface area (Å²) >= 11 is 2.38. The van der Waals surface area contributed by atoms with Crippen molar-refractivity contribution < 1.29 is 0 Å². The summed E-state index contributed by atoms with van der Waals surface area (Å²) in [5, 5.41) is 4.00. The molecule has 0 radical (unpaired) electrons. The van der Waals surface area contributed by atoms with Crippen LogP contribution < -0.4 is 5.32 Å². The summed E-state index contributed by atoms with van der Waals surface area (Å²) < 4.78 is 1.33. The summed E-state index contributed by atoms with van der Waals surface area (Å²) in [7, 11) is 0. The fourth-order valence-corrected chi connectivity index (χ4v) is 5.69. The van der Waals surface area contributed by atoms with Gasteiger partial charge in [-0.2, -0.15) is 0 Å². The lowest BCUT2D eigenvalue weighted by Crippen LogP contribution is -2.54.